The zero-order valence-corrected chi connectivity index (χ0v) is 15.4. The molecule has 3 atom stereocenters. The number of carbonyl (C=O) groups excluding carboxylic acids is 1. The first-order valence-electron chi connectivity index (χ1n) is 9.74. The fourth-order valence-corrected chi connectivity index (χ4v) is 5.47. The van der Waals surface area contributed by atoms with Crippen LogP contribution >= 0.6 is 0 Å². The molecule has 7 heteroatoms. The molecule has 2 N–H and O–H groups in total. The molecule has 4 aliphatic rings. The van der Waals surface area contributed by atoms with Crippen LogP contribution in [-0.4, -0.2) is 47.5 Å². The van der Waals surface area contributed by atoms with Gasteiger partial charge in [-0.05, 0) is 61.7 Å². The van der Waals surface area contributed by atoms with Gasteiger partial charge in [-0.1, -0.05) is 0 Å². The fraction of sp³-hybridized carbons (Fsp3) is 0.429. The summed E-state index contributed by atoms with van der Waals surface area (Å²) in [4.78, 5) is 20.6. The minimum atomic E-state index is -0.537. The van der Waals surface area contributed by atoms with Crippen LogP contribution in [0.4, 0.5) is 14.6 Å². The number of anilines is 1. The Morgan fingerprint density at radius 1 is 1.07 bits per heavy atom. The van der Waals surface area contributed by atoms with E-state index in [0.717, 1.165) is 37.8 Å². The van der Waals surface area contributed by atoms with Crippen LogP contribution in [-0.2, 0) is 0 Å². The van der Waals surface area contributed by atoms with Gasteiger partial charge in [0, 0.05) is 36.8 Å². The van der Waals surface area contributed by atoms with Crippen molar-refractivity contribution >= 4 is 11.7 Å². The van der Waals surface area contributed by atoms with E-state index >= 15 is 0 Å². The smallest absolute Gasteiger partial charge is 0.250 e. The molecule has 1 aromatic heterocycles. The molecule has 4 saturated heterocycles. The molecule has 0 radical (unpaired) electrons. The van der Waals surface area contributed by atoms with Gasteiger partial charge >= 0.3 is 0 Å². The summed E-state index contributed by atoms with van der Waals surface area (Å²) in [6, 6.07) is 7.82. The molecule has 1 amide bonds. The van der Waals surface area contributed by atoms with Crippen molar-refractivity contribution in [2.45, 2.75) is 30.8 Å². The van der Waals surface area contributed by atoms with Crippen LogP contribution < -0.4 is 10.6 Å². The number of rotatable bonds is 3. The van der Waals surface area contributed by atoms with E-state index < -0.39 is 17.5 Å². The first-order chi connectivity index (χ1) is 13.5. The number of hydrogen-bond acceptors (Lipinski definition) is 4. The van der Waals surface area contributed by atoms with E-state index in [2.05, 4.69) is 14.8 Å². The average molecular weight is 384 g/mol. The highest BCUT2D eigenvalue weighted by Gasteiger charge is 2.53. The number of hydrogen-bond donors (Lipinski definition) is 1. The number of nitrogens with zero attached hydrogens (tertiary/aromatic N) is 3. The number of halogens is 2. The third-order valence-corrected chi connectivity index (χ3v) is 6.63. The molecule has 0 saturated carbocycles. The zero-order chi connectivity index (χ0) is 19.4. The van der Waals surface area contributed by atoms with Crippen LogP contribution in [0, 0.1) is 17.6 Å². The minimum Gasteiger partial charge on any atom is -0.366 e. The highest BCUT2D eigenvalue weighted by atomic mass is 19.1. The van der Waals surface area contributed by atoms with Gasteiger partial charge in [-0.3, -0.25) is 9.69 Å². The topological polar surface area (TPSA) is 62.5 Å². The van der Waals surface area contributed by atoms with Crippen molar-refractivity contribution < 1.29 is 13.6 Å². The number of carbonyl (C=O) groups is 1. The SMILES string of the molecule is NC(=O)c1ccc(N2C[C@H](c3cc(F)cc(F)c3)[C@@H]3[C@H]2C2CCN3CC2)nc1. The maximum atomic E-state index is 13.9. The molecule has 28 heavy (non-hydrogen) atoms. The van der Waals surface area contributed by atoms with Crippen LogP contribution in [0.15, 0.2) is 36.5 Å². The van der Waals surface area contributed by atoms with Crippen molar-refractivity contribution in [1.29, 1.82) is 0 Å². The molecular weight excluding hydrogens is 362 g/mol. The Bertz CT molecular complexity index is 891. The summed E-state index contributed by atoms with van der Waals surface area (Å²) in [7, 11) is 0. The molecule has 4 aliphatic heterocycles. The predicted octanol–water partition coefficient (Wildman–Crippen LogP) is 2.53. The van der Waals surface area contributed by atoms with Crippen molar-refractivity contribution in [3.63, 3.8) is 0 Å². The molecule has 2 bridgehead atoms. The van der Waals surface area contributed by atoms with Crippen LogP contribution in [0.2, 0.25) is 0 Å². The molecule has 0 unspecified atom stereocenters. The molecule has 5 heterocycles. The van der Waals surface area contributed by atoms with Gasteiger partial charge < -0.3 is 10.6 Å². The number of aromatic nitrogens is 1. The molecule has 4 fully saturated rings. The predicted molar refractivity (Wildman–Crippen MR) is 101 cm³/mol. The molecule has 6 rings (SSSR count). The number of pyridine rings is 1. The van der Waals surface area contributed by atoms with Gasteiger partial charge in [0.05, 0.1) is 5.56 Å². The Hall–Kier alpha value is -2.54. The lowest BCUT2D eigenvalue weighted by molar-refractivity contribution is 0.0354. The summed E-state index contributed by atoms with van der Waals surface area (Å²) in [5.41, 5.74) is 6.41. The van der Waals surface area contributed by atoms with Gasteiger partial charge in [0.25, 0.3) is 0 Å². The summed E-state index contributed by atoms with van der Waals surface area (Å²) in [6.07, 6.45) is 3.76. The Morgan fingerprint density at radius 2 is 1.79 bits per heavy atom. The molecule has 0 aliphatic carbocycles. The number of primary amides is 1. The lowest BCUT2D eigenvalue weighted by atomic mass is 9.75. The van der Waals surface area contributed by atoms with Crippen molar-refractivity contribution in [2.75, 3.05) is 24.5 Å². The van der Waals surface area contributed by atoms with Gasteiger partial charge in [-0.15, -0.1) is 0 Å². The van der Waals surface area contributed by atoms with Crippen LogP contribution in [0.1, 0.15) is 34.7 Å². The third-order valence-electron chi connectivity index (χ3n) is 6.63. The van der Waals surface area contributed by atoms with Crippen molar-refractivity contribution in [2.24, 2.45) is 11.7 Å². The van der Waals surface area contributed by atoms with E-state index in [4.69, 9.17) is 5.73 Å². The lowest BCUT2D eigenvalue weighted by Crippen LogP contribution is -2.60. The number of fused-ring (bicyclic) bond motifs is 2. The molecular formula is C21H22F2N4O. The van der Waals surface area contributed by atoms with Gasteiger partial charge in [-0.2, -0.15) is 0 Å². The van der Waals surface area contributed by atoms with E-state index in [1.807, 2.05) is 6.07 Å². The summed E-state index contributed by atoms with van der Waals surface area (Å²) in [6.45, 7) is 2.71. The number of nitrogens with two attached hydrogens (primary N) is 1. The van der Waals surface area contributed by atoms with Gasteiger partial charge in [0.15, 0.2) is 0 Å². The second-order valence-corrected chi connectivity index (χ2v) is 8.09. The maximum Gasteiger partial charge on any atom is 0.250 e. The van der Waals surface area contributed by atoms with Crippen molar-refractivity contribution in [3.05, 3.63) is 59.3 Å². The summed E-state index contributed by atoms with van der Waals surface area (Å²) >= 11 is 0. The first-order valence-corrected chi connectivity index (χ1v) is 9.74. The number of benzene rings is 1. The molecule has 2 aromatic rings. The normalized spacial score (nSPS) is 31.1. The van der Waals surface area contributed by atoms with E-state index in [1.54, 1.807) is 6.07 Å². The fourth-order valence-electron chi connectivity index (χ4n) is 5.47. The largest absolute Gasteiger partial charge is 0.366 e. The van der Waals surface area contributed by atoms with E-state index in [9.17, 15) is 13.6 Å². The second-order valence-electron chi connectivity index (χ2n) is 8.09. The highest BCUT2D eigenvalue weighted by Crippen LogP contribution is 2.47. The monoisotopic (exact) mass is 384 g/mol. The quantitative estimate of drug-likeness (QED) is 0.883. The van der Waals surface area contributed by atoms with E-state index in [1.165, 1.54) is 18.3 Å². The average Bonchev–Trinajstić information content (AvgIpc) is 3.11. The second kappa shape index (κ2) is 6.51. The maximum absolute atomic E-state index is 13.9. The Balaban J connectivity index is 1.54. The van der Waals surface area contributed by atoms with Crippen LogP contribution in [0.3, 0.4) is 0 Å². The Morgan fingerprint density at radius 3 is 2.39 bits per heavy atom. The van der Waals surface area contributed by atoms with Crippen molar-refractivity contribution in [3.8, 4) is 0 Å². The lowest BCUT2D eigenvalue weighted by Gasteiger charge is -2.51. The standard InChI is InChI=1S/C21H22F2N4O/c22-15-7-14(8-16(23)9-15)17-11-27(18-2-1-13(10-25-18)21(24)28)19-12-3-5-26(6-4-12)20(17)19/h1-2,7-10,12,17,19-20H,3-6,11H2,(H2,24,28)/t17-,19-,20-/m1/s1. The summed E-state index contributed by atoms with van der Waals surface area (Å²) < 4.78 is 27.8. The van der Waals surface area contributed by atoms with Gasteiger partial charge in [0.2, 0.25) is 5.91 Å². The van der Waals surface area contributed by atoms with E-state index in [0.29, 0.717) is 23.6 Å². The van der Waals surface area contributed by atoms with Crippen molar-refractivity contribution in [1.82, 2.24) is 9.88 Å². The zero-order valence-electron chi connectivity index (χ0n) is 15.4. The first kappa shape index (κ1) is 17.6. The van der Waals surface area contributed by atoms with Gasteiger partial charge in [0.1, 0.15) is 17.5 Å². The van der Waals surface area contributed by atoms with Crippen LogP contribution in [0.5, 0.6) is 0 Å². The van der Waals surface area contributed by atoms with E-state index in [-0.39, 0.29) is 18.0 Å². The minimum absolute atomic E-state index is 0.0101. The summed E-state index contributed by atoms with van der Waals surface area (Å²) in [5, 5.41) is 0. The molecule has 0 spiro atoms. The van der Waals surface area contributed by atoms with Crippen LogP contribution in [0.25, 0.3) is 0 Å². The molecule has 1 aromatic carbocycles. The Labute approximate surface area is 162 Å². The molecule has 146 valence electrons. The Kier molecular flexibility index (Phi) is 4.08. The third kappa shape index (κ3) is 2.76. The number of amides is 1. The molecule has 5 nitrogen and oxygen atoms in total. The highest BCUT2D eigenvalue weighted by molar-refractivity contribution is 5.92. The summed E-state index contributed by atoms with van der Waals surface area (Å²) in [5.74, 6) is -0.246. The van der Waals surface area contributed by atoms with Gasteiger partial charge in [-0.25, -0.2) is 13.8 Å². The number of piperidine rings is 3.